The first kappa shape index (κ1) is 27.9. The summed E-state index contributed by atoms with van der Waals surface area (Å²) in [5, 5.41) is 23.3. The van der Waals surface area contributed by atoms with E-state index in [1.807, 2.05) is 43.3 Å². The highest BCUT2D eigenvalue weighted by atomic mass is 16.6. The highest BCUT2D eigenvalue weighted by Gasteiger charge is 2.64. The van der Waals surface area contributed by atoms with Crippen LogP contribution in [0.5, 0.6) is 5.75 Å². The predicted octanol–water partition coefficient (Wildman–Crippen LogP) is 5.80. The van der Waals surface area contributed by atoms with E-state index in [1.165, 1.54) is 24.3 Å². The molecule has 2 amide bonds. The molecule has 7 rings (SSSR count). The van der Waals surface area contributed by atoms with Crippen molar-refractivity contribution in [3.05, 3.63) is 99.1 Å². The van der Waals surface area contributed by atoms with Gasteiger partial charge in [0.25, 0.3) is 5.69 Å². The molecule has 3 aromatic carbocycles. The molecule has 1 saturated carbocycles. The van der Waals surface area contributed by atoms with Crippen LogP contribution in [0.3, 0.4) is 0 Å². The van der Waals surface area contributed by atoms with Gasteiger partial charge in [0.05, 0.1) is 27.9 Å². The highest BCUT2D eigenvalue weighted by molar-refractivity contribution is 6.22. The van der Waals surface area contributed by atoms with Crippen molar-refractivity contribution in [1.29, 1.82) is 0 Å². The SMILES string of the molecule is CC1=C(C)C(=O)[C@@]2(C)[C@@H](c3ccc(O)c4ccccc34)C3=CC[C@@H]4C(=O)N(c5ccc([N+](=O)[O-])cc5)C(=O)[C@@H]4[C@@H]3C[C@H]2C1=O. The van der Waals surface area contributed by atoms with E-state index < -0.39 is 45.8 Å². The van der Waals surface area contributed by atoms with Crippen LogP contribution in [0.4, 0.5) is 11.4 Å². The Morgan fingerprint density at radius 2 is 1.57 bits per heavy atom. The third-order valence-corrected chi connectivity index (χ3v) is 10.7. The van der Waals surface area contributed by atoms with Gasteiger partial charge in [-0.2, -0.15) is 0 Å². The van der Waals surface area contributed by atoms with Crippen molar-refractivity contribution in [3.8, 4) is 5.75 Å². The molecule has 3 aromatic rings. The van der Waals surface area contributed by atoms with Crippen molar-refractivity contribution >= 4 is 45.5 Å². The number of phenols is 1. The summed E-state index contributed by atoms with van der Waals surface area (Å²) < 4.78 is 0. The Hall–Kier alpha value is -4.92. The van der Waals surface area contributed by atoms with Crippen molar-refractivity contribution in [2.75, 3.05) is 4.90 Å². The smallest absolute Gasteiger partial charge is 0.269 e. The molecule has 9 heteroatoms. The molecule has 3 aliphatic carbocycles. The number of anilines is 1. The molecule has 0 unspecified atom stereocenters. The lowest BCUT2D eigenvalue weighted by molar-refractivity contribution is -0.384. The Balaban J connectivity index is 1.40. The van der Waals surface area contributed by atoms with E-state index >= 15 is 0 Å². The zero-order valence-electron chi connectivity index (χ0n) is 24.4. The van der Waals surface area contributed by atoms with Gasteiger partial charge in [-0.05, 0) is 72.9 Å². The molecule has 6 atom stereocenters. The van der Waals surface area contributed by atoms with Gasteiger partial charge in [0.2, 0.25) is 11.8 Å². The molecule has 0 radical (unpaired) electrons. The summed E-state index contributed by atoms with van der Waals surface area (Å²) in [5.74, 6) is -4.07. The largest absolute Gasteiger partial charge is 0.507 e. The first-order chi connectivity index (χ1) is 21.0. The number of Topliss-reactive ketones (excluding diaryl/α,β-unsaturated/α-hetero) is 2. The third-order valence-electron chi connectivity index (χ3n) is 10.7. The van der Waals surface area contributed by atoms with E-state index in [0.717, 1.165) is 21.4 Å². The molecule has 1 saturated heterocycles. The number of nitro benzene ring substituents is 1. The van der Waals surface area contributed by atoms with Gasteiger partial charge in [0.1, 0.15) is 5.75 Å². The summed E-state index contributed by atoms with van der Waals surface area (Å²) in [6.45, 7) is 5.23. The molecular formula is C35H30N2O7. The zero-order valence-corrected chi connectivity index (χ0v) is 24.4. The molecule has 1 aliphatic heterocycles. The number of hydrogen-bond acceptors (Lipinski definition) is 7. The number of amides is 2. The minimum atomic E-state index is -1.14. The van der Waals surface area contributed by atoms with Crippen LogP contribution >= 0.6 is 0 Å². The fraction of sp³-hybridized carbons (Fsp3) is 0.314. The van der Waals surface area contributed by atoms with Gasteiger partial charge in [-0.25, -0.2) is 0 Å². The quantitative estimate of drug-likeness (QED) is 0.176. The van der Waals surface area contributed by atoms with Crippen molar-refractivity contribution in [2.45, 2.75) is 39.5 Å². The van der Waals surface area contributed by atoms with Crippen molar-refractivity contribution in [3.63, 3.8) is 0 Å². The number of fused-ring (bicyclic) bond motifs is 5. The summed E-state index contributed by atoms with van der Waals surface area (Å²) in [6, 6.07) is 16.1. The summed E-state index contributed by atoms with van der Waals surface area (Å²) in [6.07, 6.45) is 2.52. The van der Waals surface area contributed by atoms with Crippen molar-refractivity contribution < 1.29 is 29.2 Å². The predicted molar refractivity (Wildman–Crippen MR) is 162 cm³/mol. The molecule has 9 nitrogen and oxygen atoms in total. The van der Waals surface area contributed by atoms with E-state index in [1.54, 1.807) is 19.9 Å². The Morgan fingerprint density at radius 1 is 0.886 bits per heavy atom. The number of rotatable bonds is 3. The van der Waals surface area contributed by atoms with E-state index in [0.29, 0.717) is 16.5 Å². The maximum absolute atomic E-state index is 14.3. The Labute approximate surface area is 253 Å². The van der Waals surface area contributed by atoms with Gasteiger partial charge in [0, 0.05) is 29.4 Å². The second kappa shape index (κ2) is 9.54. The number of allylic oxidation sites excluding steroid dienone is 4. The van der Waals surface area contributed by atoms with E-state index in [-0.39, 0.29) is 47.4 Å². The molecule has 1 heterocycles. The van der Waals surface area contributed by atoms with Gasteiger partial charge in [-0.3, -0.25) is 34.2 Å². The molecular weight excluding hydrogens is 560 g/mol. The number of ketones is 2. The van der Waals surface area contributed by atoms with Gasteiger partial charge in [0.15, 0.2) is 11.6 Å². The maximum atomic E-state index is 14.3. The minimum absolute atomic E-state index is 0.101. The van der Waals surface area contributed by atoms with Crippen LogP contribution in [-0.4, -0.2) is 33.4 Å². The number of nitro groups is 1. The lowest BCUT2D eigenvalue weighted by Gasteiger charge is -2.54. The summed E-state index contributed by atoms with van der Waals surface area (Å²) in [5.41, 5.74) is 1.49. The number of imide groups is 1. The Bertz CT molecular complexity index is 1910. The van der Waals surface area contributed by atoms with Crippen molar-refractivity contribution in [2.24, 2.45) is 29.1 Å². The number of nitrogens with zero attached hydrogens (tertiary/aromatic N) is 2. The van der Waals surface area contributed by atoms with Crippen LogP contribution < -0.4 is 4.90 Å². The second-order valence-electron chi connectivity index (χ2n) is 12.6. The Kier molecular flexibility index (Phi) is 6.05. The van der Waals surface area contributed by atoms with Crippen LogP contribution in [0.25, 0.3) is 10.8 Å². The number of non-ortho nitro benzene ring substituents is 1. The minimum Gasteiger partial charge on any atom is -0.507 e. The molecule has 222 valence electrons. The third kappa shape index (κ3) is 3.58. The van der Waals surface area contributed by atoms with Gasteiger partial charge < -0.3 is 5.11 Å². The van der Waals surface area contributed by atoms with Crippen LogP contribution in [-0.2, 0) is 19.2 Å². The summed E-state index contributed by atoms with van der Waals surface area (Å²) in [7, 11) is 0. The number of benzene rings is 3. The normalized spacial score (nSPS) is 29.8. The fourth-order valence-corrected chi connectivity index (χ4v) is 8.46. The number of carbonyl (C=O) groups is 4. The van der Waals surface area contributed by atoms with Crippen LogP contribution in [0.2, 0.25) is 0 Å². The first-order valence-electron chi connectivity index (χ1n) is 14.8. The van der Waals surface area contributed by atoms with Gasteiger partial charge >= 0.3 is 0 Å². The number of carbonyl (C=O) groups excluding carboxylic acids is 4. The molecule has 1 N–H and O–H groups in total. The van der Waals surface area contributed by atoms with Crippen LogP contribution in [0, 0.1) is 39.2 Å². The highest BCUT2D eigenvalue weighted by Crippen LogP contribution is 2.63. The van der Waals surface area contributed by atoms with Crippen LogP contribution in [0.1, 0.15) is 45.1 Å². The second-order valence-corrected chi connectivity index (χ2v) is 12.6. The maximum Gasteiger partial charge on any atom is 0.269 e. The summed E-state index contributed by atoms with van der Waals surface area (Å²) in [4.78, 5) is 68.0. The van der Waals surface area contributed by atoms with Gasteiger partial charge in [-0.15, -0.1) is 0 Å². The Morgan fingerprint density at radius 3 is 2.25 bits per heavy atom. The van der Waals surface area contributed by atoms with Crippen LogP contribution in [0.15, 0.2) is 83.5 Å². The average molecular weight is 591 g/mol. The van der Waals surface area contributed by atoms with E-state index in [9.17, 15) is 34.4 Å². The number of phenolic OH excluding ortho intramolecular Hbond substituents is 1. The molecule has 4 aliphatic rings. The van der Waals surface area contributed by atoms with Crippen molar-refractivity contribution in [1.82, 2.24) is 0 Å². The number of aromatic hydroxyl groups is 1. The van der Waals surface area contributed by atoms with E-state index in [2.05, 4.69) is 0 Å². The average Bonchev–Trinajstić information content (AvgIpc) is 3.28. The topological polar surface area (TPSA) is 135 Å². The lowest BCUT2D eigenvalue weighted by Crippen LogP contribution is -2.55. The molecule has 0 bridgehead atoms. The zero-order chi connectivity index (χ0) is 31.2. The lowest BCUT2D eigenvalue weighted by atomic mass is 9.46. The molecule has 44 heavy (non-hydrogen) atoms. The summed E-state index contributed by atoms with van der Waals surface area (Å²) >= 11 is 0. The van der Waals surface area contributed by atoms with E-state index in [4.69, 9.17) is 0 Å². The first-order valence-corrected chi connectivity index (χ1v) is 14.8. The number of hydrogen-bond donors (Lipinski definition) is 1. The molecule has 0 spiro atoms. The molecule has 2 fully saturated rings. The molecule has 0 aromatic heterocycles. The van der Waals surface area contributed by atoms with Gasteiger partial charge in [-0.1, -0.05) is 48.9 Å². The standard InChI is InChI=1S/C35H30N2O7/c1-17-18(2)32(40)35(3)27(31(17)39)16-26-24(30(35)23-14-15-28(38)22-7-5-4-6-21(22)23)12-13-25-29(26)34(42)36(33(25)41)19-8-10-20(11-9-19)37(43)44/h4-12,14-15,25-27,29-30,38H,13,16H2,1-3H3/t25-,26+,27-,29-,30-,35+/m0/s1. The fourth-order valence-electron chi connectivity index (χ4n) is 8.46. The monoisotopic (exact) mass is 590 g/mol.